The fourth-order valence-corrected chi connectivity index (χ4v) is 5.31. The number of benzene rings is 2. The molecule has 5 heteroatoms. The largest absolute Gasteiger partial charge is 0.331 e. The first-order chi connectivity index (χ1) is 14.1. The van der Waals surface area contributed by atoms with Gasteiger partial charge in [0.2, 0.25) is 0 Å². The summed E-state index contributed by atoms with van der Waals surface area (Å²) in [6.07, 6.45) is 2.23. The molecule has 1 aliphatic rings. The van der Waals surface area contributed by atoms with E-state index < -0.39 is 0 Å². The van der Waals surface area contributed by atoms with Crippen molar-refractivity contribution in [3.8, 4) is 0 Å². The van der Waals surface area contributed by atoms with Crippen molar-refractivity contribution in [3.05, 3.63) is 65.2 Å². The van der Waals surface area contributed by atoms with Crippen LogP contribution in [0.1, 0.15) is 43.2 Å². The van der Waals surface area contributed by atoms with E-state index in [1.807, 2.05) is 34.4 Å². The first kappa shape index (κ1) is 20.0. The van der Waals surface area contributed by atoms with E-state index in [1.165, 1.54) is 20.2 Å². The number of aromatic nitrogens is 1. The number of thiazole rings is 1. The van der Waals surface area contributed by atoms with E-state index in [2.05, 4.69) is 50.2 Å². The zero-order valence-electron chi connectivity index (χ0n) is 17.3. The van der Waals surface area contributed by atoms with Gasteiger partial charge < -0.3 is 9.80 Å². The van der Waals surface area contributed by atoms with Gasteiger partial charge in [-0.15, -0.1) is 11.3 Å². The van der Waals surface area contributed by atoms with E-state index in [4.69, 9.17) is 4.98 Å². The third kappa shape index (κ3) is 4.85. The summed E-state index contributed by atoms with van der Waals surface area (Å²) < 4.78 is 1.28. The SMILES string of the molecule is CC(C)N(Cc1ccccc1)C(=O)C[NH+]1CCC(c2nc3ccccc3s2)CC1. The number of carbonyl (C=O) groups is 1. The van der Waals surface area contributed by atoms with Crippen LogP contribution in [0.5, 0.6) is 0 Å². The van der Waals surface area contributed by atoms with E-state index in [9.17, 15) is 4.79 Å². The molecule has 2 aromatic carbocycles. The van der Waals surface area contributed by atoms with Gasteiger partial charge in [0.05, 0.1) is 28.3 Å². The maximum Gasteiger partial charge on any atom is 0.278 e. The molecule has 1 aromatic heterocycles. The fraction of sp³-hybridized carbons (Fsp3) is 0.417. The molecule has 29 heavy (non-hydrogen) atoms. The minimum Gasteiger partial charge on any atom is -0.331 e. The number of amides is 1. The first-order valence-electron chi connectivity index (χ1n) is 10.6. The minimum absolute atomic E-state index is 0.211. The highest BCUT2D eigenvalue weighted by Crippen LogP contribution is 2.31. The third-order valence-corrected chi connectivity index (χ3v) is 7.09. The molecule has 0 unspecified atom stereocenters. The van der Waals surface area contributed by atoms with E-state index >= 15 is 0 Å². The number of rotatable bonds is 6. The lowest BCUT2D eigenvalue weighted by Gasteiger charge is -2.31. The van der Waals surface area contributed by atoms with Gasteiger partial charge in [-0.05, 0) is 31.5 Å². The number of nitrogens with zero attached hydrogens (tertiary/aromatic N) is 2. The van der Waals surface area contributed by atoms with E-state index in [1.54, 1.807) is 0 Å². The number of nitrogens with one attached hydrogen (secondary N) is 1. The van der Waals surface area contributed by atoms with Crippen LogP contribution in [0.3, 0.4) is 0 Å². The Morgan fingerprint density at radius 3 is 2.48 bits per heavy atom. The molecule has 4 nitrogen and oxygen atoms in total. The molecule has 2 heterocycles. The molecule has 1 amide bonds. The Hall–Kier alpha value is -2.24. The Balaban J connectivity index is 1.33. The Morgan fingerprint density at radius 1 is 1.10 bits per heavy atom. The van der Waals surface area contributed by atoms with Gasteiger partial charge in [-0.2, -0.15) is 0 Å². The zero-order valence-corrected chi connectivity index (χ0v) is 18.1. The summed E-state index contributed by atoms with van der Waals surface area (Å²) in [5.74, 6) is 0.800. The molecular weight excluding hydrogens is 378 g/mol. The van der Waals surface area contributed by atoms with Crippen LogP contribution in [-0.4, -0.2) is 41.5 Å². The quantitative estimate of drug-likeness (QED) is 0.678. The molecule has 1 N–H and O–H groups in total. The monoisotopic (exact) mass is 408 g/mol. The summed E-state index contributed by atoms with van der Waals surface area (Å²) in [5, 5.41) is 1.27. The minimum atomic E-state index is 0.211. The molecule has 0 atom stereocenters. The molecule has 0 radical (unpaired) electrons. The van der Waals surface area contributed by atoms with Crippen molar-refractivity contribution >= 4 is 27.5 Å². The maximum atomic E-state index is 13.0. The van der Waals surface area contributed by atoms with E-state index in [0.29, 0.717) is 19.0 Å². The fourth-order valence-electron chi connectivity index (χ4n) is 4.17. The Bertz CT molecular complexity index is 912. The van der Waals surface area contributed by atoms with Crippen LogP contribution < -0.4 is 4.90 Å². The normalized spacial score (nSPS) is 19.6. The summed E-state index contributed by atoms with van der Waals surface area (Å²) in [6, 6.07) is 18.9. The average molecular weight is 409 g/mol. The molecule has 152 valence electrons. The Labute approximate surface area is 177 Å². The second kappa shape index (κ2) is 9.06. The number of carbonyl (C=O) groups excluding carboxylic acids is 1. The van der Waals surface area contributed by atoms with Gasteiger partial charge in [-0.25, -0.2) is 4.98 Å². The van der Waals surface area contributed by atoms with Crippen molar-refractivity contribution in [2.45, 2.75) is 45.2 Å². The van der Waals surface area contributed by atoms with E-state index in [-0.39, 0.29) is 11.9 Å². The van der Waals surface area contributed by atoms with Crippen molar-refractivity contribution in [1.82, 2.24) is 9.88 Å². The van der Waals surface area contributed by atoms with Crippen molar-refractivity contribution < 1.29 is 9.69 Å². The molecule has 1 saturated heterocycles. The number of para-hydroxylation sites is 1. The summed E-state index contributed by atoms with van der Waals surface area (Å²) in [6.45, 7) is 7.59. The highest BCUT2D eigenvalue weighted by Gasteiger charge is 2.29. The van der Waals surface area contributed by atoms with Crippen LogP contribution >= 0.6 is 11.3 Å². The van der Waals surface area contributed by atoms with Gasteiger partial charge in [0, 0.05) is 31.3 Å². The predicted octanol–water partition coefficient (Wildman–Crippen LogP) is 3.50. The van der Waals surface area contributed by atoms with Crippen LogP contribution in [0.4, 0.5) is 0 Å². The molecule has 0 saturated carbocycles. The number of hydrogen-bond acceptors (Lipinski definition) is 3. The lowest BCUT2D eigenvalue weighted by atomic mass is 9.97. The molecule has 0 bridgehead atoms. The van der Waals surface area contributed by atoms with Gasteiger partial charge >= 0.3 is 0 Å². The summed E-state index contributed by atoms with van der Waals surface area (Å²) in [5.41, 5.74) is 2.31. The van der Waals surface area contributed by atoms with Crippen molar-refractivity contribution in [1.29, 1.82) is 0 Å². The first-order valence-corrected chi connectivity index (χ1v) is 11.4. The standard InChI is InChI=1S/C24H29N3OS/c1-18(2)27(16-19-8-4-3-5-9-19)23(28)17-26-14-12-20(13-15-26)24-25-21-10-6-7-11-22(21)29-24/h3-11,18,20H,12-17H2,1-2H3/p+1. The van der Waals surface area contributed by atoms with E-state index in [0.717, 1.165) is 31.4 Å². The Morgan fingerprint density at radius 2 is 1.79 bits per heavy atom. The van der Waals surface area contributed by atoms with Crippen molar-refractivity contribution in [2.75, 3.05) is 19.6 Å². The van der Waals surface area contributed by atoms with Crippen LogP contribution in [0.25, 0.3) is 10.2 Å². The second-order valence-corrected chi connectivity index (χ2v) is 9.38. The topological polar surface area (TPSA) is 37.6 Å². The molecule has 4 rings (SSSR count). The van der Waals surface area contributed by atoms with Gasteiger partial charge in [0.1, 0.15) is 0 Å². The lowest BCUT2D eigenvalue weighted by molar-refractivity contribution is -0.897. The number of piperidine rings is 1. The van der Waals surface area contributed by atoms with Crippen LogP contribution in [0.15, 0.2) is 54.6 Å². The zero-order chi connectivity index (χ0) is 20.2. The van der Waals surface area contributed by atoms with Crippen molar-refractivity contribution in [2.24, 2.45) is 0 Å². The highest BCUT2D eigenvalue weighted by molar-refractivity contribution is 7.18. The Kier molecular flexibility index (Phi) is 6.26. The summed E-state index contributed by atoms with van der Waals surface area (Å²) in [4.78, 5) is 21.3. The third-order valence-electron chi connectivity index (χ3n) is 5.89. The number of quaternary nitrogens is 1. The predicted molar refractivity (Wildman–Crippen MR) is 119 cm³/mol. The van der Waals surface area contributed by atoms with Gasteiger partial charge in [0.25, 0.3) is 5.91 Å². The van der Waals surface area contributed by atoms with Gasteiger partial charge in [-0.1, -0.05) is 42.5 Å². The molecule has 0 aliphatic carbocycles. The second-order valence-electron chi connectivity index (χ2n) is 8.32. The van der Waals surface area contributed by atoms with Crippen LogP contribution in [0.2, 0.25) is 0 Å². The lowest BCUT2D eigenvalue weighted by Crippen LogP contribution is -3.14. The smallest absolute Gasteiger partial charge is 0.278 e. The van der Waals surface area contributed by atoms with Crippen molar-refractivity contribution in [3.63, 3.8) is 0 Å². The van der Waals surface area contributed by atoms with Gasteiger partial charge in [0.15, 0.2) is 6.54 Å². The number of fused-ring (bicyclic) bond motifs is 1. The number of likely N-dealkylation sites (tertiary alicyclic amines) is 1. The average Bonchev–Trinajstić information content (AvgIpc) is 3.17. The highest BCUT2D eigenvalue weighted by atomic mass is 32.1. The molecule has 1 fully saturated rings. The number of hydrogen-bond donors (Lipinski definition) is 1. The molecule has 3 aromatic rings. The van der Waals surface area contributed by atoms with Gasteiger partial charge in [-0.3, -0.25) is 4.79 Å². The summed E-state index contributed by atoms with van der Waals surface area (Å²) in [7, 11) is 0. The molecular formula is C24H30N3OS+. The van der Waals surface area contributed by atoms with Crippen LogP contribution in [-0.2, 0) is 11.3 Å². The maximum absolute atomic E-state index is 13.0. The summed E-state index contributed by atoms with van der Waals surface area (Å²) >= 11 is 1.83. The molecule has 1 aliphatic heterocycles. The molecule has 0 spiro atoms. The van der Waals surface area contributed by atoms with Crippen LogP contribution in [0, 0.1) is 0 Å².